The zero-order valence-electron chi connectivity index (χ0n) is 16.9. The van der Waals surface area contributed by atoms with Crippen LogP contribution in [0.2, 0.25) is 0 Å². The lowest BCUT2D eigenvalue weighted by molar-refractivity contribution is 0.0633. The number of carbonyl (C=O) groups is 1. The first-order valence-electron chi connectivity index (χ1n) is 10.4. The summed E-state index contributed by atoms with van der Waals surface area (Å²) in [5, 5.41) is 3.34. The highest BCUT2D eigenvalue weighted by molar-refractivity contribution is 5.95. The molecule has 6 nitrogen and oxygen atoms in total. The van der Waals surface area contributed by atoms with Crippen LogP contribution in [-0.2, 0) is 0 Å². The second-order valence-corrected chi connectivity index (χ2v) is 7.59. The van der Waals surface area contributed by atoms with Crippen LogP contribution in [0.3, 0.4) is 0 Å². The molecule has 7 heteroatoms. The number of rotatable bonds is 4. The van der Waals surface area contributed by atoms with Crippen LogP contribution >= 0.6 is 0 Å². The molecule has 2 aliphatic heterocycles. The molecular formula is C22H28FN5O. The number of hydrogen-bond donors (Lipinski definition) is 1. The molecule has 154 valence electrons. The Kier molecular flexibility index (Phi) is 6.06. The SMILES string of the molecule is CCN1CCN(c2ccc(C(=O)N3CCNCC3c3cccnc3)cc2F)CC1. The first-order valence-corrected chi connectivity index (χ1v) is 10.4. The number of hydrogen-bond acceptors (Lipinski definition) is 5. The summed E-state index contributed by atoms with van der Waals surface area (Å²) in [5.74, 6) is -0.463. The number of aromatic nitrogens is 1. The predicted octanol–water partition coefficient (Wildman–Crippen LogP) is 2.15. The van der Waals surface area contributed by atoms with Crippen molar-refractivity contribution in [1.82, 2.24) is 20.1 Å². The Labute approximate surface area is 171 Å². The normalized spacial score (nSPS) is 20.7. The van der Waals surface area contributed by atoms with Gasteiger partial charge in [-0.05, 0) is 36.4 Å². The molecule has 2 aromatic rings. The van der Waals surface area contributed by atoms with Crippen LogP contribution in [0.15, 0.2) is 42.7 Å². The average Bonchev–Trinajstić information content (AvgIpc) is 2.79. The maximum absolute atomic E-state index is 14.9. The molecular weight excluding hydrogens is 369 g/mol. The molecule has 1 unspecified atom stereocenters. The second kappa shape index (κ2) is 8.88. The minimum atomic E-state index is -0.325. The van der Waals surface area contributed by atoms with Gasteiger partial charge in [-0.2, -0.15) is 0 Å². The van der Waals surface area contributed by atoms with Crippen molar-refractivity contribution in [2.75, 3.05) is 57.3 Å². The molecule has 1 aromatic carbocycles. The Bertz CT molecular complexity index is 838. The average molecular weight is 397 g/mol. The van der Waals surface area contributed by atoms with E-state index in [0.717, 1.165) is 44.8 Å². The van der Waals surface area contributed by atoms with E-state index >= 15 is 0 Å². The van der Waals surface area contributed by atoms with Crippen molar-refractivity contribution < 1.29 is 9.18 Å². The zero-order valence-corrected chi connectivity index (χ0v) is 16.9. The van der Waals surface area contributed by atoms with Crippen molar-refractivity contribution in [3.63, 3.8) is 0 Å². The quantitative estimate of drug-likeness (QED) is 0.857. The first kappa shape index (κ1) is 19.8. The van der Waals surface area contributed by atoms with E-state index in [1.165, 1.54) is 6.07 Å². The van der Waals surface area contributed by atoms with Gasteiger partial charge in [0.15, 0.2) is 0 Å². The van der Waals surface area contributed by atoms with Crippen LogP contribution in [0.4, 0.5) is 10.1 Å². The van der Waals surface area contributed by atoms with Gasteiger partial charge in [0.2, 0.25) is 0 Å². The van der Waals surface area contributed by atoms with Gasteiger partial charge in [0, 0.05) is 63.8 Å². The Morgan fingerprint density at radius 3 is 2.72 bits per heavy atom. The molecule has 1 N–H and O–H groups in total. The molecule has 0 radical (unpaired) electrons. The third-order valence-electron chi connectivity index (χ3n) is 5.93. The Balaban J connectivity index is 1.52. The van der Waals surface area contributed by atoms with E-state index in [0.29, 0.717) is 24.3 Å². The summed E-state index contributed by atoms with van der Waals surface area (Å²) in [6.07, 6.45) is 3.51. The van der Waals surface area contributed by atoms with Crippen molar-refractivity contribution in [3.8, 4) is 0 Å². The number of pyridine rings is 1. The van der Waals surface area contributed by atoms with Gasteiger partial charge in [0.05, 0.1) is 11.7 Å². The van der Waals surface area contributed by atoms with Gasteiger partial charge in [0.25, 0.3) is 5.91 Å². The third kappa shape index (κ3) is 4.26. The molecule has 0 saturated carbocycles. The highest BCUT2D eigenvalue weighted by atomic mass is 19.1. The zero-order chi connectivity index (χ0) is 20.2. The van der Waals surface area contributed by atoms with E-state index in [-0.39, 0.29) is 17.8 Å². The highest BCUT2D eigenvalue weighted by Gasteiger charge is 2.29. The lowest BCUT2D eigenvalue weighted by Crippen LogP contribution is -2.48. The number of benzene rings is 1. The fraction of sp³-hybridized carbons (Fsp3) is 0.455. The van der Waals surface area contributed by atoms with Crippen LogP contribution in [0.5, 0.6) is 0 Å². The van der Waals surface area contributed by atoms with Crippen LogP contribution < -0.4 is 10.2 Å². The van der Waals surface area contributed by atoms with Crippen LogP contribution in [0.25, 0.3) is 0 Å². The van der Waals surface area contributed by atoms with Gasteiger partial charge < -0.3 is 20.0 Å². The number of halogens is 1. The topological polar surface area (TPSA) is 51.7 Å². The number of piperazine rings is 2. The van der Waals surface area contributed by atoms with E-state index in [9.17, 15) is 9.18 Å². The monoisotopic (exact) mass is 397 g/mol. The van der Waals surface area contributed by atoms with Gasteiger partial charge in [0.1, 0.15) is 5.82 Å². The summed E-state index contributed by atoms with van der Waals surface area (Å²) in [7, 11) is 0. The highest BCUT2D eigenvalue weighted by Crippen LogP contribution is 2.26. The Morgan fingerprint density at radius 2 is 2.03 bits per heavy atom. The fourth-order valence-corrected chi connectivity index (χ4v) is 4.19. The van der Waals surface area contributed by atoms with E-state index in [1.54, 1.807) is 24.5 Å². The molecule has 2 fully saturated rings. The molecule has 0 aliphatic carbocycles. The van der Waals surface area contributed by atoms with Gasteiger partial charge in [-0.15, -0.1) is 0 Å². The number of nitrogens with zero attached hydrogens (tertiary/aromatic N) is 4. The van der Waals surface area contributed by atoms with E-state index < -0.39 is 0 Å². The summed E-state index contributed by atoms with van der Waals surface area (Å²) in [6.45, 7) is 8.62. The second-order valence-electron chi connectivity index (χ2n) is 7.59. The minimum absolute atomic E-state index is 0.102. The van der Waals surface area contributed by atoms with Crippen molar-refractivity contribution in [3.05, 3.63) is 59.7 Å². The lowest BCUT2D eigenvalue weighted by atomic mass is 10.0. The molecule has 29 heavy (non-hydrogen) atoms. The number of amides is 1. The standard InChI is InChI=1S/C22H28FN5O/c1-2-26-10-12-27(13-11-26)20-6-5-17(14-19(20)23)22(29)28-9-8-25-16-21(28)18-4-3-7-24-15-18/h3-7,14-15,21,25H,2,8-13,16H2,1H3. The summed E-state index contributed by atoms with van der Waals surface area (Å²) < 4.78 is 14.9. The molecule has 1 amide bonds. The Hall–Kier alpha value is -2.51. The molecule has 2 saturated heterocycles. The maximum atomic E-state index is 14.9. The van der Waals surface area contributed by atoms with E-state index in [2.05, 4.69) is 27.0 Å². The van der Waals surface area contributed by atoms with Gasteiger partial charge in [-0.1, -0.05) is 13.0 Å². The summed E-state index contributed by atoms with van der Waals surface area (Å²) in [4.78, 5) is 23.6. The van der Waals surface area contributed by atoms with Gasteiger partial charge >= 0.3 is 0 Å². The van der Waals surface area contributed by atoms with E-state index in [4.69, 9.17) is 0 Å². The molecule has 0 spiro atoms. The molecule has 2 aliphatic rings. The number of likely N-dealkylation sites (N-methyl/N-ethyl adjacent to an activating group) is 1. The fourth-order valence-electron chi connectivity index (χ4n) is 4.19. The number of anilines is 1. The van der Waals surface area contributed by atoms with Crippen molar-refractivity contribution in [2.24, 2.45) is 0 Å². The summed E-state index contributed by atoms with van der Waals surface area (Å²) in [5.41, 5.74) is 1.97. The van der Waals surface area contributed by atoms with Gasteiger partial charge in [-0.3, -0.25) is 9.78 Å². The third-order valence-corrected chi connectivity index (χ3v) is 5.93. The summed E-state index contributed by atoms with van der Waals surface area (Å²) >= 11 is 0. The smallest absolute Gasteiger partial charge is 0.254 e. The van der Waals surface area contributed by atoms with Crippen molar-refractivity contribution in [1.29, 1.82) is 0 Å². The van der Waals surface area contributed by atoms with Crippen LogP contribution in [0, 0.1) is 5.82 Å². The Morgan fingerprint density at radius 1 is 1.21 bits per heavy atom. The van der Waals surface area contributed by atoms with Crippen LogP contribution in [0.1, 0.15) is 28.9 Å². The largest absolute Gasteiger partial charge is 0.367 e. The van der Waals surface area contributed by atoms with Crippen molar-refractivity contribution >= 4 is 11.6 Å². The number of carbonyl (C=O) groups excluding carboxylic acids is 1. The maximum Gasteiger partial charge on any atom is 0.254 e. The molecule has 3 heterocycles. The van der Waals surface area contributed by atoms with Gasteiger partial charge in [-0.25, -0.2) is 4.39 Å². The summed E-state index contributed by atoms with van der Waals surface area (Å²) in [6, 6.07) is 8.66. The molecule has 1 atom stereocenters. The minimum Gasteiger partial charge on any atom is -0.367 e. The first-order chi connectivity index (χ1) is 14.2. The van der Waals surface area contributed by atoms with E-state index in [1.807, 2.05) is 17.0 Å². The van der Waals surface area contributed by atoms with Crippen LogP contribution in [-0.4, -0.2) is 73.0 Å². The van der Waals surface area contributed by atoms with Crippen molar-refractivity contribution in [2.45, 2.75) is 13.0 Å². The lowest BCUT2D eigenvalue weighted by Gasteiger charge is -2.37. The molecule has 0 bridgehead atoms. The predicted molar refractivity (Wildman–Crippen MR) is 112 cm³/mol. The molecule has 4 rings (SSSR count). The molecule has 1 aromatic heterocycles. The number of nitrogens with one attached hydrogen (secondary N) is 1.